The van der Waals surface area contributed by atoms with Crippen molar-refractivity contribution in [2.75, 3.05) is 25.4 Å². The smallest absolute Gasteiger partial charge is 0.232 e. The molecule has 1 aliphatic heterocycles. The molecule has 2 rings (SSSR count). The number of thioether (sulfide) groups is 1. The summed E-state index contributed by atoms with van der Waals surface area (Å²) >= 11 is 13.5. The summed E-state index contributed by atoms with van der Waals surface area (Å²) in [5.74, 6) is 1.11. The number of benzene rings is 1. The van der Waals surface area contributed by atoms with Gasteiger partial charge < -0.3 is 10.6 Å². The highest BCUT2D eigenvalue weighted by Gasteiger charge is 2.21. The van der Waals surface area contributed by atoms with Gasteiger partial charge in [0.1, 0.15) is 0 Å². The molecule has 0 aliphatic carbocycles. The van der Waals surface area contributed by atoms with E-state index >= 15 is 0 Å². The number of hydrogen-bond acceptors (Lipinski definition) is 3. The van der Waals surface area contributed by atoms with E-state index in [2.05, 4.69) is 0 Å². The molecule has 0 aromatic heterocycles. The van der Waals surface area contributed by atoms with Gasteiger partial charge in [0.05, 0.1) is 10.8 Å². The van der Waals surface area contributed by atoms with E-state index in [-0.39, 0.29) is 5.91 Å². The summed E-state index contributed by atoms with van der Waals surface area (Å²) in [5.41, 5.74) is 5.66. The van der Waals surface area contributed by atoms with Gasteiger partial charge in [-0.05, 0) is 43.5 Å². The Balaban J connectivity index is 1.85. The number of nitrogens with zero attached hydrogens (tertiary/aromatic N) is 1. The Kier molecular flexibility index (Phi) is 6.02. The third kappa shape index (κ3) is 4.29. The molecule has 20 heavy (non-hydrogen) atoms. The first-order valence-corrected chi connectivity index (χ1v) is 8.40. The van der Waals surface area contributed by atoms with Crippen LogP contribution in [0.5, 0.6) is 0 Å². The molecule has 1 aromatic rings. The molecule has 0 atom stereocenters. The van der Waals surface area contributed by atoms with Gasteiger partial charge in [0, 0.05) is 23.0 Å². The quantitative estimate of drug-likeness (QED) is 0.860. The maximum Gasteiger partial charge on any atom is 0.232 e. The molecular weight excluding hydrogens is 315 g/mol. The van der Waals surface area contributed by atoms with E-state index in [1.165, 1.54) is 11.8 Å². The number of carbonyl (C=O) groups excluding carboxylic acids is 1. The SMILES string of the molecule is NCC1CCN(C(=O)CSc2cc(Cl)ccc2Cl)CC1. The summed E-state index contributed by atoms with van der Waals surface area (Å²) in [6.07, 6.45) is 2.01. The zero-order valence-electron chi connectivity index (χ0n) is 11.1. The fourth-order valence-electron chi connectivity index (χ4n) is 2.24. The highest BCUT2D eigenvalue weighted by atomic mass is 35.5. The van der Waals surface area contributed by atoms with Gasteiger partial charge in [-0.3, -0.25) is 4.79 Å². The Bertz CT molecular complexity index is 476. The lowest BCUT2D eigenvalue weighted by molar-refractivity contribution is -0.129. The molecule has 6 heteroatoms. The Hall–Kier alpha value is -0.420. The number of piperidine rings is 1. The molecule has 0 radical (unpaired) electrons. The number of likely N-dealkylation sites (tertiary alicyclic amines) is 1. The van der Waals surface area contributed by atoms with Crippen molar-refractivity contribution in [3.8, 4) is 0 Å². The molecule has 1 amide bonds. The molecule has 110 valence electrons. The highest BCUT2D eigenvalue weighted by molar-refractivity contribution is 8.00. The van der Waals surface area contributed by atoms with E-state index in [4.69, 9.17) is 28.9 Å². The third-order valence-electron chi connectivity index (χ3n) is 3.54. The minimum atomic E-state index is 0.154. The van der Waals surface area contributed by atoms with Gasteiger partial charge in [-0.1, -0.05) is 23.2 Å². The summed E-state index contributed by atoms with van der Waals surface area (Å²) in [6.45, 7) is 2.34. The average molecular weight is 333 g/mol. The Morgan fingerprint density at radius 1 is 1.35 bits per heavy atom. The molecule has 1 fully saturated rings. The number of rotatable bonds is 4. The fourth-order valence-corrected chi connectivity index (χ4v) is 3.63. The van der Waals surface area contributed by atoms with Gasteiger partial charge in [-0.15, -0.1) is 11.8 Å². The first-order valence-electron chi connectivity index (χ1n) is 6.66. The summed E-state index contributed by atoms with van der Waals surface area (Å²) in [7, 11) is 0. The van der Waals surface area contributed by atoms with Crippen LogP contribution in [0.25, 0.3) is 0 Å². The van der Waals surface area contributed by atoms with Crippen LogP contribution < -0.4 is 5.73 Å². The van der Waals surface area contributed by atoms with Crippen molar-refractivity contribution in [2.24, 2.45) is 11.7 Å². The maximum atomic E-state index is 12.2. The van der Waals surface area contributed by atoms with E-state index < -0.39 is 0 Å². The molecular formula is C14H18Cl2N2OS. The van der Waals surface area contributed by atoms with Crippen molar-refractivity contribution < 1.29 is 4.79 Å². The van der Waals surface area contributed by atoms with Gasteiger partial charge in [0.15, 0.2) is 0 Å². The van der Waals surface area contributed by atoms with Crippen molar-refractivity contribution in [1.29, 1.82) is 0 Å². The van der Waals surface area contributed by atoms with E-state index in [0.29, 0.717) is 21.7 Å². The van der Waals surface area contributed by atoms with Gasteiger partial charge in [0.2, 0.25) is 5.91 Å². The largest absolute Gasteiger partial charge is 0.342 e. The minimum Gasteiger partial charge on any atom is -0.342 e. The molecule has 1 heterocycles. The molecule has 0 bridgehead atoms. The lowest BCUT2D eigenvalue weighted by Crippen LogP contribution is -2.40. The van der Waals surface area contributed by atoms with Crippen molar-refractivity contribution >= 4 is 40.9 Å². The van der Waals surface area contributed by atoms with Gasteiger partial charge in [-0.2, -0.15) is 0 Å². The zero-order chi connectivity index (χ0) is 14.5. The number of hydrogen-bond donors (Lipinski definition) is 1. The third-order valence-corrected chi connectivity index (χ3v) is 5.26. The van der Waals surface area contributed by atoms with Crippen LogP contribution in [0.4, 0.5) is 0 Å². The maximum absolute atomic E-state index is 12.2. The van der Waals surface area contributed by atoms with Crippen LogP contribution >= 0.6 is 35.0 Å². The predicted octanol–water partition coefficient (Wildman–Crippen LogP) is 3.28. The minimum absolute atomic E-state index is 0.154. The van der Waals surface area contributed by atoms with Gasteiger partial charge in [0.25, 0.3) is 0 Å². The first-order chi connectivity index (χ1) is 9.60. The van der Waals surface area contributed by atoms with Crippen molar-refractivity contribution in [3.05, 3.63) is 28.2 Å². The van der Waals surface area contributed by atoms with Gasteiger partial charge in [-0.25, -0.2) is 0 Å². The van der Waals surface area contributed by atoms with Crippen molar-refractivity contribution in [3.63, 3.8) is 0 Å². The Labute approximate surface area is 133 Å². The number of carbonyl (C=O) groups is 1. The fraction of sp³-hybridized carbons (Fsp3) is 0.500. The van der Waals surface area contributed by atoms with Crippen LogP contribution in [-0.2, 0) is 4.79 Å². The second-order valence-electron chi connectivity index (χ2n) is 4.92. The lowest BCUT2D eigenvalue weighted by atomic mass is 9.97. The van der Waals surface area contributed by atoms with Crippen LogP contribution in [-0.4, -0.2) is 36.2 Å². The Morgan fingerprint density at radius 3 is 2.70 bits per heavy atom. The molecule has 0 unspecified atom stereocenters. The predicted molar refractivity (Wildman–Crippen MR) is 85.5 cm³/mol. The molecule has 3 nitrogen and oxygen atoms in total. The first kappa shape index (κ1) is 16.0. The summed E-state index contributed by atoms with van der Waals surface area (Å²) in [5, 5.41) is 1.27. The number of halogens is 2. The van der Waals surface area contributed by atoms with E-state index in [9.17, 15) is 4.79 Å². The summed E-state index contributed by atoms with van der Waals surface area (Å²) in [6, 6.07) is 5.29. The van der Waals surface area contributed by atoms with E-state index in [0.717, 1.165) is 37.4 Å². The topological polar surface area (TPSA) is 46.3 Å². The summed E-state index contributed by atoms with van der Waals surface area (Å²) < 4.78 is 0. The van der Waals surface area contributed by atoms with Crippen LogP contribution in [0, 0.1) is 5.92 Å². The van der Waals surface area contributed by atoms with Crippen LogP contribution in [0.3, 0.4) is 0 Å². The van der Waals surface area contributed by atoms with Crippen LogP contribution in [0.15, 0.2) is 23.1 Å². The highest BCUT2D eigenvalue weighted by Crippen LogP contribution is 2.30. The standard InChI is InChI=1S/C14H18Cl2N2OS/c15-11-1-2-12(16)13(7-11)20-9-14(19)18-5-3-10(8-17)4-6-18/h1-2,7,10H,3-6,8-9,17H2. The van der Waals surface area contributed by atoms with E-state index in [1.54, 1.807) is 18.2 Å². The van der Waals surface area contributed by atoms with Crippen LogP contribution in [0.1, 0.15) is 12.8 Å². The lowest BCUT2D eigenvalue weighted by Gasteiger charge is -2.31. The number of nitrogens with two attached hydrogens (primary N) is 1. The second-order valence-corrected chi connectivity index (χ2v) is 6.78. The normalized spacial score (nSPS) is 16.4. The summed E-state index contributed by atoms with van der Waals surface area (Å²) in [4.78, 5) is 14.9. The molecule has 1 aromatic carbocycles. The Morgan fingerprint density at radius 2 is 2.05 bits per heavy atom. The number of amides is 1. The van der Waals surface area contributed by atoms with Crippen molar-refractivity contribution in [1.82, 2.24) is 4.90 Å². The van der Waals surface area contributed by atoms with Crippen molar-refractivity contribution in [2.45, 2.75) is 17.7 Å². The molecule has 0 saturated carbocycles. The van der Waals surface area contributed by atoms with Crippen LogP contribution in [0.2, 0.25) is 10.0 Å². The average Bonchev–Trinajstić information content (AvgIpc) is 2.48. The molecule has 1 saturated heterocycles. The second kappa shape index (κ2) is 7.55. The molecule has 1 aliphatic rings. The molecule has 2 N–H and O–H groups in total. The zero-order valence-corrected chi connectivity index (χ0v) is 13.5. The molecule has 0 spiro atoms. The van der Waals surface area contributed by atoms with Gasteiger partial charge >= 0.3 is 0 Å². The van der Waals surface area contributed by atoms with E-state index in [1.807, 2.05) is 4.90 Å². The monoisotopic (exact) mass is 332 g/mol.